The summed E-state index contributed by atoms with van der Waals surface area (Å²) in [7, 11) is 0. The van der Waals surface area contributed by atoms with Crippen molar-refractivity contribution in [3.8, 4) is 0 Å². The van der Waals surface area contributed by atoms with Crippen molar-refractivity contribution in [2.24, 2.45) is 5.73 Å². The molecule has 0 aliphatic rings. The van der Waals surface area contributed by atoms with E-state index in [2.05, 4.69) is 10.3 Å². The third kappa shape index (κ3) is 2.69. The molecule has 0 saturated heterocycles. The van der Waals surface area contributed by atoms with Gasteiger partial charge in [-0.2, -0.15) is 0 Å². The van der Waals surface area contributed by atoms with Gasteiger partial charge >= 0.3 is 0 Å². The minimum absolute atomic E-state index is 0.147. The Morgan fingerprint density at radius 3 is 2.89 bits per heavy atom. The van der Waals surface area contributed by atoms with Crippen LogP contribution in [0, 0.1) is 13.8 Å². The molecule has 0 unspecified atom stereocenters. The van der Waals surface area contributed by atoms with E-state index in [1.54, 1.807) is 0 Å². The zero-order valence-electron chi connectivity index (χ0n) is 11.1. The van der Waals surface area contributed by atoms with Crippen LogP contribution in [0.1, 0.15) is 27.3 Å². The average molecular weight is 278 g/mol. The number of nitrogens with two attached hydrogens (primary N) is 2. The van der Waals surface area contributed by atoms with E-state index in [9.17, 15) is 4.79 Å². The van der Waals surface area contributed by atoms with E-state index in [0.717, 1.165) is 27.9 Å². The second-order valence-corrected chi connectivity index (χ2v) is 5.50. The van der Waals surface area contributed by atoms with E-state index in [-0.39, 0.29) is 5.91 Å². The normalized spacial score (nSPS) is 10.9. The van der Waals surface area contributed by atoms with Gasteiger partial charge in [-0.25, -0.2) is 4.98 Å². The van der Waals surface area contributed by atoms with Crippen LogP contribution in [0.5, 0.6) is 0 Å². The van der Waals surface area contributed by atoms with Crippen LogP contribution in [-0.2, 0) is 0 Å². The third-order valence-corrected chi connectivity index (χ3v) is 4.00. The fourth-order valence-electron chi connectivity index (χ4n) is 2.02. The number of anilines is 1. The molecule has 0 aromatic carbocycles. The minimum Gasteiger partial charge on any atom is -0.397 e. The number of nitrogen functional groups attached to an aromatic ring is 1. The fourth-order valence-corrected chi connectivity index (χ4v) is 3.15. The van der Waals surface area contributed by atoms with Gasteiger partial charge in [-0.15, -0.1) is 11.3 Å². The number of carbonyl (C=O) groups is 1. The standard InChI is InChI=1S/C13H18N4OS/c1-7-6-8(2)17-13-9(7)10(15)11(19-13)12(18)16-5-3-4-14/h6H,3-5,14-15H2,1-2H3,(H,16,18). The van der Waals surface area contributed by atoms with Crippen LogP contribution in [0.25, 0.3) is 10.2 Å². The third-order valence-electron chi connectivity index (χ3n) is 2.90. The lowest BCUT2D eigenvalue weighted by atomic mass is 10.1. The first-order valence-electron chi connectivity index (χ1n) is 6.19. The number of hydrogen-bond acceptors (Lipinski definition) is 5. The van der Waals surface area contributed by atoms with Crippen molar-refractivity contribution in [2.75, 3.05) is 18.8 Å². The number of hydrogen-bond donors (Lipinski definition) is 3. The Morgan fingerprint density at radius 1 is 1.47 bits per heavy atom. The molecule has 0 aliphatic heterocycles. The second-order valence-electron chi connectivity index (χ2n) is 4.50. The monoisotopic (exact) mass is 278 g/mol. The number of carbonyl (C=O) groups excluding carboxylic acids is 1. The molecule has 2 heterocycles. The first kappa shape index (κ1) is 13.8. The number of fused-ring (bicyclic) bond motifs is 1. The molecule has 2 rings (SSSR count). The maximum atomic E-state index is 12.1. The van der Waals surface area contributed by atoms with Crippen molar-refractivity contribution in [3.63, 3.8) is 0 Å². The van der Waals surface area contributed by atoms with Crippen molar-refractivity contribution in [2.45, 2.75) is 20.3 Å². The molecule has 2 aromatic rings. The lowest BCUT2D eigenvalue weighted by Gasteiger charge is -2.03. The quantitative estimate of drug-likeness (QED) is 0.740. The molecule has 0 atom stereocenters. The Balaban J connectivity index is 2.37. The van der Waals surface area contributed by atoms with Crippen LogP contribution in [-0.4, -0.2) is 24.0 Å². The zero-order chi connectivity index (χ0) is 14.0. The summed E-state index contributed by atoms with van der Waals surface area (Å²) < 4.78 is 0. The van der Waals surface area contributed by atoms with Crippen LogP contribution in [0.4, 0.5) is 5.69 Å². The van der Waals surface area contributed by atoms with Crippen LogP contribution < -0.4 is 16.8 Å². The van der Waals surface area contributed by atoms with Gasteiger partial charge in [0.1, 0.15) is 9.71 Å². The van der Waals surface area contributed by atoms with Crippen LogP contribution >= 0.6 is 11.3 Å². The summed E-state index contributed by atoms with van der Waals surface area (Å²) in [5.41, 5.74) is 14.0. The van der Waals surface area contributed by atoms with Gasteiger partial charge in [-0.1, -0.05) is 0 Å². The molecular formula is C13H18N4OS. The lowest BCUT2D eigenvalue weighted by molar-refractivity contribution is 0.0958. The highest BCUT2D eigenvalue weighted by molar-refractivity contribution is 7.21. The van der Waals surface area contributed by atoms with Gasteiger partial charge in [-0.05, 0) is 38.4 Å². The average Bonchev–Trinajstić information content (AvgIpc) is 2.66. The molecule has 6 heteroatoms. The first-order valence-corrected chi connectivity index (χ1v) is 7.00. The zero-order valence-corrected chi connectivity index (χ0v) is 11.9. The lowest BCUT2D eigenvalue weighted by Crippen LogP contribution is -2.25. The topological polar surface area (TPSA) is 94.0 Å². The summed E-state index contributed by atoms with van der Waals surface area (Å²) in [6, 6.07) is 1.97. The number of aromatic nitrogens is 1. The van der Waals surface area contributed by atoms with Gasteiger partial charge in [0.25, 0.3) is 5.91 Å². The summed E-state index contributed by atoms with van der Waals surface area (Å²) in [4.78, 5) is 17.8. The molecule has 0 fully saturated rings. The summed E-state index contributed by atoms with van der Waals surface area (Å²) >= 11 is 1.34. The van der Waals surface area contributed by atoms with Gasteiger partial charge in [0.05, 0.1) is 5.69 Å². The van der Waals surface area contributed by atoms with E-state index < -0.39 is 0 Å². The van der Waals surface area contributed by atoms with Crippen molar-refractivity contribution >= 4 is 33.1 Å². The number of thiophene rings is 1. The largest absolute Gasteiger partial charge is 0.397 e. The number of pyridine rings is 1. The van der Waals surface area contributed by atoms with E-state index in [0.29, 0.717) is 23.7 Å². The smallest absolute Gasteiger partial charge is 0.263 e. The Hall–Kier alpha value is -1.66. The molecule has 5 nitrogen and oxygen atoms in total. The Kier molecular flexibility index (Phi) is 4.01. The molecule has 0 spiro atoms. The highest BCUT2D eigenvalue weighted by Gasteiger charge is 2.18. The van der Waals surface area contributed by atoms with Gasteiger partial charge in [-0.3, -0.25) is 4.79 Å². The SMILES string of the molecule is Cc1cc(C)c2c(N)c(C(=O)NCCCN)sc2n1. The van der Waals surface area contributed by atoms with E-state index in [1.807, 2.05) is 19.9 Å². The van der Waals surface area contributed by atoms with Crippen molar-refractivity contribution < 1.29 is 4.79 Å². The number of rotatable bonds is 4. The summed E-state index contributed by atoms with van der Waals surface area (Å²) in [5, 5.41) is 3.71. The molecule has 5 N–H and O–H groups in total. The molecule has 0 bridgehead atoms. The van der Waals surface area contributed by atoms with Gasteiger partial charge in [0.2, 0.25) is 0 Å². The van der Waals surface area contributed by atoms with E-state index in [1.165, 1.54) is 11.3 Å². The van der Waals surface area contributed by atoms with Gasteiger partial charge in [0.15, 0.2) is 0 Å². The summed E-state index contributed by atoms with van der Waals surface area (Å²) in [6.45, 7) is 5.04. The maximum Gasteiger partial charge on any atom is 0.263 e. The Labute approximate surface area is 116 Å². The van der Waals surface area contributed by atoms with Gasteiger partial charge < -0.3 is 16.8 Å². The highest BCUT2D eigenvalue weighted by atomic mass is 32.1. The minimum atomic E-state index is -0.147. The van der Waals surface area contributed by atoms with Crippen LogP contribution in [0.3, 0.4) is 0 Å². The van der Waals surface area contributed by atoms with Crippen LogP contribution in [0.2, 0.25) is 0 Å². The second kappa shape index (κ2) is 5.54. The van der Waals surface area contributed by atoms with E-state index >= 15 is 0 Å². The maximum absolute atomic E-state index is 12.1. The first-order chi connectivity index (χ1) is 9.04. The molecule has 0 saturated carbocycles. The highest BCUT2D eigenvalue weighted by Crippen LogP contribution is 2.34. The molecule has 19 heavy (non-hydrogen) atoms. The van der Waals surface area contributed by atoms with Crippen molar-refractivity contribution in [3.05, 3.63) is 22.2 Å². The number of nitrogens with one attached hydrogen (secondary N) is 1. The number of aryl methyl sites for hydroxylation is 2. The number of amides is 1. The predicted molar refractivity (Wildman–Crippen MR) is 79.5 cm³/mol. The summed E-state index contributed by atoms with van der Waals surface area (Å²) in [5.74, 6) is -0.147. The summed E-state index contributed by atoms with van der Waals surface area (Å²) in [6.07, 6.45) is 0.757. The fraction of sp³-hybridized carbons (Fsp3) is 0.385. The van der Waals surface area contributed by atoms with Crippen molar-refractivity contribution in [1.82, 2.24) is 10.3 Å². The van der Waals surface area contributed by atoms with Gasteiger partial charge in [0, 0.05) is 17.6 Å². The van der Waals surface area contributed by atoms with E-state index in [4.69, 9.17) is 11.5 Å². The molecule has 0 radical (unpaired) electrons. The molecule has 0 aliphatic carbocycles. The Bertz CT molecular complexity index is 621. The predicted octanol–water partition coefficient (Wildman–Crippen LogP) is 1.57. The van der Waals surface area contributed by atoms with Crippen LogP contribution in [0.15, 0.2) is 6.07 Å². The van der Waals surface area contributed by atoms with Crippen molar-refractivity contribution in [1.29, 1.82) is 0 Å². The molecule has 2 aromatic heterocycles. The number of nitrogens with zero attached hydrogens (tertiary/aromatic N) is 1. The molecular weight excluding hydrogens is 260 g/mol. The Morgan fingerprint density at radius 2 is 2.21 bits per heavy atom. The molecule has 1 amide bonds. The molecule has 102 valence electrons.